The average molecular weight is 336 g/mol. The fourth-order valence-corrected chi connectivity index (χ4v) is 3.34. The van der Waals surface area contributed by atoms with Crippen molar-refractivity contribution in [1.82, 2.24) is 9.80 Å². The molecular formula is C15H23F3N2O3. The third-order valence-corrected chi connectivity index (χ3v) is 4.45. The highest BCUT2D eigenvalue weighted by molar-refractivity contribution is 5.80. The number of hydrogen-bond donors (Lipinski definition) is 0. The van der Waals surface area contributed by atoms with Crippen molar-refractivity contribution in [2.45, 2.75) is 51.4 Å². The molecule has 0 aliphatic carbocycles. The molecule has 0 radical (unpaired) electrons. The summed E-state index contributed by atoms with van der Waals surface area (Å²) in [5, 5.41) is 0. The minimum absolute atomic E-state index is 0.0251. The summed E-state index contributed by atoms with van der Waals surface area (Å²) in [7, 11) is 0. The second-order valence-electron chi connectivity index (χ2n) is 6.30. The second-order valence-corrected chi connectivity index (χ2v) is 6.30. The van der Waals surface area contributed by atoms with E-state index in [1.54, 1.807) is 6.92 Å². The van der Waals surface area contributed by atoms with Gasteiger partial charge in [0, 0.05) is 19.5 Å². The van der Waals surface area contributed by atoms with Crippen molar-refractivity contribution in [3.63, 3.8) is 0 Å². The van der Waals surface area contributed by atoms with E-state index in [4.69, 9.17) is 4.74 Å². The minimum atomic E-state index is -4.40. The highest BCUT2D eigenvalue weighted by Gasteiger charge is 2.41. The Bertz CT molecular complexity index is 456. The van der Waals surface area contributed by atoms with Crippen LogP contribution in [0.15, 0.2) is 0 Å². The fraction of sp³-hybridized carbons (Fsp3) is 0.867. The quantitative estimate of drug-likeness (QED) is 0.735. The Morgan fingerprint density at radius 1 is 1.43 bits per heavy atom. The molecule has 2 aliphatic heterocycles. The van der Waals surface area contributed by atoms with Gasteiger partial charge in [-0.25, -0.2) is 0 Å². The van der Waals surface area contributed by atoms with Crippen LogP contribution in [-0.4, -0.2) is 66.2 Å². The Kier molecular flexibility index (Phi) is 5.54. The molecule has 2 fully saturated rings. The summed E-state index contributed by atoms with van der Waals surface area (Å²) in [5.74, 6) is -1.27. The van der Waals surface area contributed by atoms with E-state index < -0.39 is 24.5 Å². The second kappa shape index (κ2) is 7.07. The Balaban J connectivity index is 1.99. The molecule has 132 valence electrons. The highest BCUT2D eigenvalue weighted by atomic mass is 19.4. The van der Waals surface area contributed by atoms with Gasteiger partial charge in [-0.05, 0) is 33.2 Å². The number of piperidine rings is 1. The molecule has 0 saturated carbocycles. The standard InChI is InChI=1S/C15H23F3N2O3/c1-3-19(9-15(16,17)18)13(21)11-5-4-6-20(8-11)12-7-10(2)23-14(12)22/h10-12H,3-9H2,1-2H3/t10-,11+,12-/m0/s1. The van der Waals surface area contributed by atoms with Crippen molar-refractivity contribution in [3.8, 4) is 0 Å². The Morgan fingerprint density at radius 2 is 2.13 bits per heavy atom. The number of esters is 1. The lowest BCUT2D eigenvalue weighted by molar-refractivity contribution is -0.164. The molecule has 23 heavy (non-hydrogen) atoms. The number of rotatable bonds is 4. The van der Waals surface area contributed by atoms with E-state index in [-0.39, 0.29) is 24.7 Å². The van der Waals surface area contributed by atoms with E-state index in [0.29, 0.717) is 32.4 Å². The maximum absolute atomic E-state index is 12.6. The number of nitrogens with zero attached hydrogens (tertiary/aromatic N) is 2. The van der Waals surface area contributed by atoms with Crippen LogP contribution in [0.3, 0.4) is 0 Å². The van der Waals surface area contributed by atoms with Crippen molar-refractivity contribution >= 4 is 11.9 Å². The zero-order chi connectivity index (χ0) is 17.2. The molecule has 3 atom stereocenters. The first-order chi connectivity index (χ1) is 10.7. The first-order valence-corrected chi connectivity index (χ1v) is 8.01. The largest absolute Gasteiger partial charge is 0.461 e. The smallest absolute Gasteiger partial charge is 0.406 e. The molecule has 2 rings (SSSR count). The van der Waals surface area contributed by atoms with Gasteiger partial charge in [0.2, 0.25) is 5.91 Å². The minimum Gasteiger partial charge on any atom is -0.461 e. The van der Waals surface area contributed by atoms with Crippen molar-refractivity contribution in [2.75, 3.05) is 26.2 Å². The number of alkyl halides is 3. The lowest BCUT2D eigenvalue weighted by Gasteiger charge is -2.36. The number of cyclic esters (lactones) is 1. The fourth-order valence-electron chi connectivity index (χ4n) is 3.34. The zero-order valence-electron chi connectivity index (χ0n) is 13.4. The molecule has 2 heterocycles. The van der Waals surface area contributed by atoms with Crippen LogP contribution in [0.5, 0.6) is 0 Å². The topological polar surface area (TPSA) is 49.9 Å². The summed E-state index contributed by atoms with van der Waals surface area (Å²) < 4.78 is 42.8. The molecule has 0 unspecified atom stereocenters. The normalized spacial score (nSPS) is 29.4. The predicted octanol–water partition coefficient (Wildman–Crippen LogP) is 1.81. The zero-order valence-corrected chi connectivity index (χ0v) is 13.4. The number of carbonyl (C=O) groups excluding carboxylic acids is 2. The van der Waals surface area contributed by atoms with Crippen LogP contribution in [0.4, 0.5) is 13.2 Å². The van der Waals surface area contributed by atoms with Gasteiger partial charge in [-0.2, -0.15) is 13.2 Å². The van der Waals surface area contributed by atoms with Gasteiger partial charge >= 0.3 is 12.1 Å². The molecule has 0 aromatic heterocycles. The van der Waals surface area contributed by atoms with Crippen molar-refractivity contribution in [1.29, 1.82) is 0 Å². The summed E-state index contributed by atoms with van der Waals surface area (Å²) in [4.78, 5) is 27.0. The van der Waals surface area contributed by atoms with Crippen LogP contribution < -0.4 is 0 Å². The number of amides is 1. The summed E-state index contributed by atoms with van der Waals surface area (Å²) in [6.07, 6.45) is -2.73. The molecule has 0 aromatic rings. The predicted molar refractivity (Wildman–Crippen MR) is 76.6 cm³/mol. The first kappa shape index (κ1) is 18.0. The number of hydrogen-bond acceptors (Lipinski definition) is 4. The van der Waals surface area contributed by atoms with Gasteiger partial charge < -0.3 is 9.64 Å². The first-order valence-electron chi connectivity index (χ1n) is 8.01. The van der Waals surface area contributed by atoms with E-state index >= 15 is 0 Å². The number of carbonyl (C=O) groups is 2. The Hall–Kier alpha value is -1.31. The lowest BCUT2D eigenvalue weighted by atomic mass is 9.94. The van der Waals surface area contributed by atoms with E-state index in [2.05, 4.69) is 0 Å². The van der Waals surface area contributed by atoms with Gasteiger partial charge in [0.05, 0.1) is 5.92 Å². The Labute approximate surface area is 133 Å². The Morgan fingerprint density at radius 3 is 2.65 bits per heavy atom. The van der Waals surface area contributed by atoms with Gasteiger partial charge in [-0.15, -0.1) is 0 Å². The molecular weight excluding hydrogens is 313 g/mol. The lowest BCUT2D eigenvalue weighted by Crippen LogP contribution is -2.50. The van der Waals surface area contributed by atoms with Crippen LogP contribution >= 0.6 is 0 Å². The molecule has 0 bridgehead atoms. The van der Waals surface area contributed by atoms with Gasteiger partial charge in [-0.1, -0.05) is 0 Å². The van der Waals surface area contributed by atoms with Crippen LogP contribution in [0.2, 0.25) is 0 Å². The van der Waals surface area contributed by atoms with Crippen molar-refractivity contribution in [2.24, 2.45) is 5.92 Å². The summed E-state index contributed by atoms with van der Waals surface area (Å²) in [5.41, 5.74) is 0. The maximum atomic E-state index is 12.6. The SMILES string of the molecule is CCN(CC(F)(F)F)C(=O)[C@@H]1CCCN([C@H]2C[C@H](C)OC2=O)C1. The third-order valence-electron chi connectivity index (χ3n) is 4.45. The molecule has 0 N–H and O–H groups in total. The molecule has 2 saturated heterocycles. The number of ether oxygens (including phenoxy) is 1. The molecule has 0 aromatic carbocycles. The van der Waals surface area contributed by atoms with Gasteiger partial charge in [0.25, 0.3) is 0 Å². The van der Waals surface area contributed by atoms with Gasteiger partial charge in [-0.3, -0.25) is 14.5 Å². The van der Waals surface area contributed by atoms with Crippen LogP contribution in [0.1, 0.15) is 33.1 Å². The van der Waals surface area contributed by atoms with Crippen molar-refractivity contribution in [3.05, 3.63) is 0 Å². The third kappa shape index (κ3) is 4.59. The van der Waals surface area contributed by atoms with Crippen LogP contribution in [0, 0.1) is 5.92 Å². The average Bonchev–Trinajstić information content (AvgIpc) is 2.82. The van der Waals surface area contributed by atoms with Crippen LogP contribution in [-0.2, 0) is 14.3 Å². The van der Waals surface area contributed by atoms with Gasteiger partial charge in [0.1, 0.15) is 18.7 Å². The van der Waals surface area contributed by atoms with E-state index in [9.17, 15) is 22.8 Å². The highest BCUT2D eigenvalue weighted by Crippen LogP contribution is 2.27. The van der Waals surface area contributed by atoms with Crippen LogP contribution in [0.25, 0.3) is 0 Å². The molecule has 1 amide bonds. The van der Waals surface area contributed by atoms with Gasteiger partial charge in [0.15, 0.2) is 0 Å². The maximum Gasteiger partial charge on any atom is 0.406 e. The number of halogens is 3. The van der Waals surface area contributed by atoms with Crippen molar-refractivity contribution < 1.29 is 27.5 Å². The molecule has 8 heteroatoms. The monoisotopic (exact) mass is 336 g/mol. The van der Waals surface area contributed by atoms with E-state index in [1.165, 1.54) is 0 Å². The molecule has 2 aliphatic rings. The molecule has 0 spiro atoms. The van der Waals surface area contributed by atoms with E-state index in [0.717, 1.165) is 4.90 Å². The summed E-state index contributed by atoms with van der Waals surface area (Å²) >= 11 is 0. The summed E-state index contributed by atoms with van der Waals surface area (Å²) in [6, 6.07) is -0.377. The van der Waals surface area contributed by atoms with E-state index in [1.807, 2.05) is 11.8 Å². The molecule has 5 nitrogen and oxygen atoms in total. The summed E-state index contributed by atoms with van der Waals surface area (Å²) in [6.45, 7) is 3.15. The number of likely N-dealkylation sites (tertiary alicyclic amines) is 1.